The third kappa shape index (κ3) is 3.33. The van der Waals surface area contributed by atoms with Crippen molar-refractivity contribution in [3.8, 4) is 11.5 Å². The van der Waals surface area contributed by atoms with Crippen molar-refractivity contribution in [2.75, 3.05) is 19.5 Å². The average Bonchev–Trinajstić information content (AvgIpc) is 2.45. The van der Waals surface area contributed by atoms with E-state index in [1.807, 2.05) is 6.07 Å². The van der Waals surface area contributed by atoms with E-state index in [1.165, 1.54) is 12.1 Å². The second-order valence-electron chi connectivity index (χ2n) is 4.17. The fraction of sp³-hybridized carbons (Fsp3) is 0.200. The van der Waals surface area contributed by atoms with Crippen molar-refractivity contribution >= 4 is 17.3 Å². The molecule has 1 N–H and O–H groups in total. The molecular formula is C15H15ClFNO2. The normalized spacial score (nSPS) is 10.2. The Morgan fingerprint density at radius 2 is 1.80 bits per heavy atom. The highest BCUT2D eigenvalue weighted by molar-refractivity contribution is 6.33. The van der Waals surface area contributed by atoms with Crippen LogP contribution in [-0.2, 0) is 6.54 Å². The molecule has 0 aromatic heterocycles. The Kier molecular flexibility index (Phi) is 4.69. The van der Waals surface area contributed by atoms with Gasteiger partial charge in [-0.15, -0.1) is 0 Å². The Morgan fingerprint density at radius 3 is 2.45 bits per heavy atom. The van der Waals surface area contributed by atoms with Crippen molar-refractivity contribution in [1.29, 1.82) is 0 Å². The smallest absolute Gasteiger partial charge is 0.162 e. The molecule has 2 rings (SSSR count). The first-order chi connectivity index (χ1) is 9.63. The minimum atomic E-state index is -0.261. The second-order valence-corrected chi connectivity index (χ2v) is 4.58. The van der Waals surface area contributed by atoms with E-state index in [1.54, 1.807) is 32.4 Å². The van der Waals surface area contributed by atoms with Gasteiger partial charge in [-0.1, -0.05) is 23.7 Å². The quantitative estimate of drug-likeness (QED) is 0.900. The number of ether oxygens (including phenoxy) is 2. The summed E-state index contributed by atoms with van der Waals surface area (Å²) in [4.78, 5) is 0. The van der Waals surface area contributed by atoms with Crippen LogP contribution in [-0.4, -0.2) is 14.2 Å². The van der Waals surface area contributed by atoms with E-state index in [9.17, 15) is 4.39 Å². The van der Waals surface area contributed by atoms with Gasteiger partial charge in [0, 0.05) is 18.7 Å². The Hall–Kier alpha value is -1.94. The zero-order valence-corrected chi connectivity index (χ0v) is 12.0. The zero-order chi connectivity index (χ0) is 14.5. The van der Waals surface area contributed by atoms with Gasteiger partial charge in [0.2, 0.25) is 0 Å². The van der Waals surface area contributed by atoms with Crippen LogP contribution in [0.4, 0.5) is 10.1 Å². The summed E-state index contributed by atoms with van der Waals surface area (Å²) in [6.45, 7) is 0.465. The Morgan fingerprint density at radius 1 is 1.10 bits per heavy atom. The minimum Gasteiger partial charge on any atom is -0.493 e. The van der Waals surface area contributed by atoms with Gasteiger partial charge < -0.3 is 14.8 Å². The molecule has 3 nitrogen and oxygen atoms in total. The molecule has 0 saturated carbocycles. The molecule has 20 heavy (non-hydrogen) atoms. The lowest BCUT2D eigenvalue weighted by Gasteiger charge is -2.13. The lowest BCUT2D eigenvalue weighted by molar-refractivity contribution is 0.355. The molecule has 0 unspecified atom stereocenters. The first kappa shape index (κ1) is 14.5. The van der Waals surface area contributed by atoms with Gasteiger partial charge in [0.1, 0.15) is 5.82 Å². The lowest BCUT2D eigenvalue weighted by Crippen LogP contribution is -2.01. The maximum absolute atomic E-state index is 13.1. The van der Waals surface area contributed by atoms with Crippen LogP contribution in [0.25, 0.3) is 0 Å². The molecule has 0 atom stereocenters. The maximum Gasteiger partial charge on any atom is 0.162 e. The van der Waals surface area contributed by atoms with E-state index in [2.05, 4.69) is 5.32 Å². The Balaban J connectivity index is 2.17. The summed E-state index contributed by atoms with van der Waals surface area (Å²) >= 11 is 6.16. The van der Waals surface area contributed by atoms with Crippen LogP contribution in [0, 0.1) is 5.82 Å². The molecule has 0 aliphatic heterocycles. The van der Waals surface area contributed by atoms with Crippen LogP contribution >= 0.6 is 11.6 Å². The Labute approximate surface area is 122 Å². The summed E-state index contributed by atoms with van der Waals surface area (Å²) in [5.41, 5.74) is 1.53. The molecule has 0 radical (unpaired) electrons. The van der Waals surface area contributed by atoms with Gasteiger partial charge in [0.25, 0.3) is 0 Å². The number of halogens is 2. The fourth-order valence-corrected chi connectivity index (χ4v) is 2.05. The monoisotopic (exact) mass is 295 g/mol. The molecule has 0 fully saturated rings. The van der Waals surface area contributed by atoms with Crippen LogP contribution in [0.2, 0.25) is 5.02 Å². The van der Waals surface area contributed by atoms with Gasteiger partial charge in [0.05, 0.1) is 24.9 Å². The molecule has 0 spiro atoms. The van der Waals surface area contributed by atoms with Crippen LogP contribution in [0.15, 0.2) is 36.4 Å². The van der Waals surface area contributed by atoms with E-state index in [0.717, 1.165) is 5.56 Å². The lowest BCUT2D eigenvalue weighted by atomic mass is 10.2. The first-order valence-corrected chi connectivity index (χ1v) is 6.41. The molecule has 106 valence electrons. The molecule has 0 heterocycles. The van der Waals surface area contributed by atoms with E-state index in [-0.39, 0.29) is 5.82 Å². The van der Waals surface area contributed by atoms with Crippen LogP contribution < -0.4 is 14.8 Å². The zero-order valence-electron chi connectivity index (χ0n) is 11.2. The van der Waals surface area contributed by atoms with Crippen LogP contribution in [0.3, 0.4) is 0 Å². The van der Waals surface area contributed by atoms with Crippen molar-refractivity contribution < 1.29 is 13.9 Å². The molecular weight excluding hydrogens is 281 g/mol. The predicted octanol–water partition coefficient (Wildman–Crippen LogP) is 4.11. The largest absolute Gasteiger partial charge is 0.493 e. The van der Waals surface area contributed by atoms with Gasteiger partial charge in [-0.3, -0.25) is 0 Å². The highest BCUT2D eigenvalue weighted by atomic mass is 35.5. The summed E-state index contributed by atoms with van der Waals surface area (Å²) in [5.74, 6) is 0.884. The Bertz CT molecular complexity index is 604. The molecule has 0 amide bonds. The standard InChI is InChI=1S/C15H15ClFNO2/c1-19-14-7-12(16)13(8-15(14)20-2)18-9-10-4-3-5-11(17)6-10/h3-8,18H,9H2,1-2H3. The highest BCUT2D eigenvalue weighted by Crippen LogP contribution is 2.36. The number of nitrogens with one attached hydrogen (secondary N) is 1. The fourth-order valence-electron chi connectivity index (χ4n) is 1.83. The summed E-state index contributed by atoms with van der Waals surface area (Å²) in [7, 11) is 3.11. The number of hydrogen-bond acceptors (Lipinski definition) is 3. The SMILES string of the molecule is COc1cc(Cl)c(NCc2cccc(F)c2)cc1OC. The number of methoxy groups -OCH3 is 2. The third-order valence-electron chi connectivity index (χ3n) is 2.85. The van der Waals surface area contributed by atoms with Crippen molar-refractivity contribution in [2.45, 2.75) is 6.54 Å². The number of rotatable bonds is 5. The van der Waals surface area contributed by atoms with Gasteiger partial charge in [0.15, 0.2) is 11.5 Å². The number of hydrogen-bond donors (Lipinski definition) is 1. The number of anilines is 1. The number of benzene rings is 2. The summed E-state index contributed by atoms with van der Waals surface area (Å²) in [6, 6.07) is 9.82. The molecule has 0 saturated heterocycles. The molecule has 0 aliphatic rings. The second kappa shape index (κ2) is 6.48. The summed E-state index contributed by atoms with van der Waals surface area (Å²) in [6.07, 6.45) is 0. The van der Waals surface area contributed by atoms with Crippen molar-refractivity contribution in [2.24, 2.45) is 0 Å². The van der Waals surface area contributed by atoms with Crippen molar-refractivity contribution in [1.82, 2.24) is 0 Å². The highest BCUT2D eigenvalue weighted by Gasteiger charge is 2.09. The third-order valence-corrected chi connectivity index (χ3v) is 3.16. The first-order valence-electron chi connectivity index (χ1n) is 6.04. The summed E-state index contributed by atoms with van der Waals surface area (Å²) in [5, 5.41) is 3.66. The van der Waals surface area contributed by atoms with E-state index < -0.39 is 0 Å². The van der Waals surface area contributed by atoms with Gasteiger partial charge in [-0.25, -0.2) is 4.39 Å². The molecule has 0 aliphatic carbocycles. The molecule has 5 heteroatoms. The van der Waals surface area contributed by atoms with Crippen molar-refractivity contribution in [3.05, 3.63) is 52.8 Å². The predicted molar refractivity (Wildman–Crippen MR) is 78.3 cm³/mol. The van der Waals surface area contributed by atoms with E-state index >= 15 is 0 Å². The van der Waals surface area contributed by atoms with Gasteiger partial charge >= 0.3 is 0 Å². The van der Waals surface area contributed by atoms with Crippen LogP contribution in [0.5, 0.6) is 11.5 Å². The molecule has 2 aromatic carbocycles. The van der Waals surface area contributed by atoms with Crippen molar-refractivity contribution in [3.63, 3.8) is 0 Å². The average molecular weight is 296 g/mol. The molecule has 0 bridgehead atoms. The topological polar surface area (TPSA) is 30.5 Å². The van der Waals surface area contributed by atoms with E-state index in [4.69, 9.17) is 21.1 Å². The van der Waals surface area contributed by atoms with Gasteiger partial charge in [-0.2, -0.15) is 0 Å². The van der Waals surface area contributed by atoms with E-state index in [0.29, 0.717) is 28.8 Å². The van der Waals surface area contributed by atoms with Crippen LogP contribution in [0.1, 0.15) is 5.56 Å². The van der Waals surface area contributed by atoms with Gasteiger partial charge in [-0.05, 0) is 17.7 Å². The maximum atomic E-state index is 13.1. The molecule has 2 aromatic rings. The minimum absolute atomic E-state index is 0.261. The summed E-state index contributed by atoms with van der Waals surface area (Å²) < 4.78 is 23.5.